The van der Waals surface area contributed by atoms with E-state index in [1.807, 2.05) is 26.0 Å². The summed E-state index contributed by atoms with van der Waals surface area (Å²) in [5.74, 6) is 0.0633. The number of esters is 1. The number of ether oxygens (including phenoxy) is 3. The number of nitrogens with one attached hydrogen (secondary N) is 2. The number of carboxylic acids is 1. The van der Waals surface area contributed by atoms with Crippen molar-refractivity contribution in [3.63, 3.8) is 0 Å². The Kier molecular flexibility index (Phi) is 17.0. The normalized spacial score (nSPS) is 11.4. The molecule has 0 aliphatic heterocycles. The second-order valence-electron chi connectivity index (χ2n) is 17.3. The van der Waals surface area contributed by atoms with Crippen LogP contribution in [0.15, 0.2) is 97.1 Å². The maximum Gasteiger partial charge on any atom is 0.349 e. The highest BCUT2D eigenvalue weighted by atomic mass is 32.1. The van der Waals surface area contributed by atoms with Crippen molar-refractivity contribution in [2.75, 3.05) is 6.61 Å². The summed E-state index contributed by atoms with van der Waals surface area (Å²) in [4.78, 5) is 59.5. The van der Waals surface area contributed by atoms with Gasteiger partial charge < -0.3 is 30.0 Å². The van der Waals surface area contributed by atoms with Crippen LogP contribution in [-0.2, 0) is 27.4 Å². The zero-order chi connectivity index (χ0) is 48.3. The molecule has 2 heterocycles. The number of carbonyl (C=O) groups excluding carboxylic acids is 3. The molecule has 6 rings (SSSR count). The largest absolute Gasteiger partial charge is 0.478 e. The van der Waals surface area contributed by atoms with Gasteiger partial charge in [-0.05, 0) is 118 Å². The smallest absolute Gasteiger partial charge is 0.349 e. The summed E-state index contributed by atoms with van der Waals surface area (Å²) in [7, 11) is 0. The monoisotopic (exact) mass is 932 g/mol. The maximum atomic E-state index is 12.7. The van der Waals surface area contributed by atoms with Gasteiger partial charge in [-0.1, -0.05) is 100 Å². The Hall–Kier alpha value is -6.38. The van der Waals surface area contributed by atoms with Crippen LogP contribution in [0, 0.1) is 13.8 Å². The number of carboxylic acid groups (broad SMARTS) is 1. The van der Waals surface area contributed by atoms with Gasteiger partial charge in [0.25, 0.3) is 11.8 Å². The standard InChI is InChI=1S/C27H32N2O4S.C25H28N2O4S/c1-7-32-26(31)27(5,6)33-22-14-8-19(9-15-22)16-28-24(30)25-29-18(4)23(34-25)21-12-10-20(11-13-21)17(2)3;1-15(2)18-8-10-19(11-9-18)21-16(3)27-23(32-21)22(28)26-14-17-6-12-20(13-7-17)31-25(4,5)24(29)30/h8-15,17H,7,16H2,1-6H3,(H,28,30);6-13,15H,14H2,1-5H3,(H,26,28)(H,29,30). The van der Waals surface area contributed by atoms with Gasteiger partial charge in [-0.15, -0.1) is 22.7 Å². The summed E-state index contributed by atoms with van der Waals surface area (Å²) < 4.78 is 16.3. The average Bonchev–Trinajstić information content (AvgIpc) is 3.88. The van der Waals surface area contributed by atoms with E-state index in [9.17, 15) is 19.2 Å². The fraction of sp³-hybridized carbons (Fsp3) is 0.346. The second-order valence-corrected chi connectivity index (χ2v) is 19.3. The molecule has 0 bridgehead atoms. The molecular weight excluding hydrogens is 873 g/mol. The number of hydrogen-bond acceptors (Lipinski definition) is 11. The molecule has 0 spiro atoms. The molecular formula is C52H60N4O8S2. The van der Waals surface area contributed by atoms with Gasteiger partial charge in [-0.25, -0.2) is 19.6 Å². The first-order chi connectivity index (χ1) is 31.2. The molecule has 0 fully saturated rings. The number of benzene rings is 4. The first-order valence-corrected chi connectivity index (χ1v) is 23.5. The van der Waals surface area contributed by atoms with Crippen LogP contribution in [0.3, 0.4) is 0 Å². The summed E-state index contributed by atoms with van der Waals surface area (Å²) in [5.41, 5.74) is 5.75. The average molecular weight is 933 g/mol. The summed E-state index contributed by atoms with van der Waals surface area (Å²) >= 11 is 2.78. The number of aryl methyl sites for hydroxylation is 2. The van der Waals surface area contributed by atoms with Gasteiger partial charge in [0, 0.05) is 13.1 Å². The van der Waals surface area contributed by atoms with Crippen LogP contribution in [0.25, 0.3) is 20.9 Å². The predicted molar refractivity (Wildman–Crippen MR) is 262 cm³/mol. The number of thiazole rings is 2. The minimum Gasteiger partial charge on any atom is -0.478 e. The first-order valence-electron chi connectivity index (χ1n) is 21.9. The number of hydrogen-bond donors (Lipinski definition) is 3. The van der Waals surface area contributed by atoms with E-state index in [1.54, 1.807) is 57.2 Å². The van der Waals surface area contributed by atoms with Crippen molar-refractivity contribution >= 4 is 46.4 Å². The fourth-order valence-corrected chi connectivity index (χ4v) is 8.38. The van der Waals surface area contributed by atoms with Crippen molar-refractivity contribution < 1.29 is 38.5 Å². The van der Waals surface area contributed by atoms with Crippen molar-refractivity contribution in [3.05, 3.63) is 141 Å². The molecule has 6 aromatic rings. The van der Waals surface area contributed by atoms with Gasteiger partial charge in [0.1, 0.15) is 11.5 Å². The van der Waals surface area contributed by atoms with E-state index in [1.165, 1.54) is 47.6 Å². The minimum absolute atomic E-state index is 0.207. The molecule has 348 valence electrons. The highest BCUT2D eigenvalue weighted by Gasteiger charge is 2.32. The molecule has 14 heteroatoms. The van der Waals surface area contributed by atoms with E-state index in [0.29, 0.717) is 53.0 Å². The Morgan fingerprint density at radius 3 is 1.29 bits per heavy atom. The first kappa shape index (κ1) is 50.6. The molecule has 0 atom stereocenters. The Bertz CT molecular complexity index is 2590. The lowest BCUT2D eigenvalue weighted by Gasteiger charge is -2.24. The van der Waals surface area contributed by atoms with E-state index in [4.69, 9.17) is 19.3 Å². The van der Waals surface area contributed by atoms with Gasteiger partial charge >= 0.3 is 11.9 Å². The van der Waals surface area contributed by atoms with Gasteiger partial charge in [0.2, 0.25) is 0 Å². The summed E-state index contributed by atoms with van der Waals surface area (Å²) in [6.07, 6.45) is 0. The summed E-state index contributed by atoms with van der Waals surface area (Å²) in [6, 6.07) is 31.0. The molecule has 0 saturated heterocycles. The minimum atomic E-state index is -1.31. The molecule has 66 heavy (non-hydrogen) atoms. The zero-order valence-corrected chi connectivity index (χ0v) is 41.2. The molecule has 0 aliphatic carbocycles. The summed E-state index contributed by atoms with van der Waals surface area (Å²) in [6.45, 7) is 21.6. The Morgan fingerprint density at radius 2 is 0.955 bits per heavy atom. The van der Waals surface area contributed by atoms with Gasteiger partial charge in [0.15, 0.2) is 21.2 Å². The Balaban J connectivity index is 0.000000248. The number of aromatic nitrogens is 2. The maximum absolute atomic E-state index is 12.7. The quantitative estimate of drug-likeness (QED) is 0.0749. The van der Waals surface area contributed by atoms with E-state index < -0.39 is 23.1 Å². The number of amides is 2. The van der Waals surface area contributed by atoms with Crippen molar-refractivity contribution in [1.29, 1.82) is 0 Å². The molecule has 0 aliphatic rings. The molecule has 2 amide bonds. The third kappa shape index (κ3) is 13.6. The Morgan fingerprint density at radius 1 is 0.591 bits per heavy atom. The lowest BCUT2D eigenvalue weighted by atomic mass is 10.0. The van der Waals surface area contributed by atoms with Crippen LogP contribution in [0.4, 0.5) is 0 Å². The third-order valence-corrected chi connectivity index (χ3v) is 12.9. The number of rotatable bonds is 17. The van der Waals surface area contributed by atoms with Gasteiger partial charge in [-0.2, -0.15) is 0 Å². The van der Waals surface area contributed by atoms with Crippen LogP contribution in [0.1, 0.15) is 127 Å². The van der Waals surface area contributed by atoms with Crippen LogP contribution in [0.5, 0.6) is 11.5 Å². The topological polar surface area (TPSA) is 166 Å². The molecule has 3 N–H and O–H groups in total. The molecule has 0 radical (unpaired) electrons. The van der Waals surface area contributed by atoms with Crippen molar-refractivity contribution in [2.45, 2.75) is 112 Å². The molecule has 4 aromatic carbocycles. The number of carbonyl (C=O) groups is 4. The summed E-state index contributed by atoms with van der Waals surface area (Å²) in [5, 5.41) is 15.8. The van der Waals surface area contributed by atoms with Crippen molar-refractivity contribution in [2.24, 2.45) is 0 Å². The van der Waals surface area contributed by atoms with E-state index in [0.717, 1.165) is 43.4 Å². The second kappa shape index (κ2) is 22.2. The molecule has 2 aromatic heterocycles. The lowest BCUT2D eigenvalue weighted by Crippen LogP contribution is -2.39. The lowest BCUT2D eigenvalue weighted by molar-refractivity contribution is -0.158. The van der Waals surface area contributed by atoms with Crippen molar-refractivity contribution in [1.82, 2.24) is 20.6 Å². The van der Waals surface area contributed by atoms with E-state index in [2.05, 4.69) is 96.8 Å². The van der Waals surface area contributed by atoms with Crippen LogP contribution < -0.4 is 20.1 Å². The number of aliphatic carboxylic acids is 1. The van der Waals surface area contributed by atoms with Gasteiger partial charge in [0.05, 0.1) is 27.7 Å². The van der Waals surface area contributed by atoms with E-state index >= 15 is 0 Å². The molecule has 12 nitrogen and oxygen atoms in total. The molecule has 0 saturated carbocycles. The van der Waals surface area contributed by atoms with Crippen LogP contribution in [-0.4, -0.2) is 56.6 Å². The van der Waals surface area contributed by atoms with Crippen LogP contribution in [0.2, 0.25) is 0 Å². The van der Waals surface area contributed by atoms with Gasteiger partial charge in [-0.3, -0.25) is 9.59 Å². The SMILES string of the molecule is CCOC(=O)C(C)(C)Oc1ccc(CNC(=O)c2nc(C)c(-c3ccc(C(C)C)cc3)s2)cc1.Cc1nc(C(=O)NCc2ccc(OC(C)(C)C(=O)O)cc2)sc1-c1ccc(C(C)C)cc1. The zero-order valence-electron chi connectivity index (χ0n) is 39.5. The van der Waals surface area contributed by atoms with Crippen LogP contribution >= 0.6 is 22.7 Å². The number of nitrogens with zero attached hydrogens (tertiary/aromatic N) is 2. The van der Waals surface area contributed by atoms with E-state index in [-0.39, 0.29) is 11.8 Å². The van der Waals surface area contributed by atoms with Crippen molar-refractivity contribution in [3.8, 4) is 32.4 Å². The highest BCUT2D eigenvalue weighted by molar-refractivity contribution is 7.17. The third-order valence-electron chi connectivity index (χ3n) is 10.4. The highest BCUT2D eigenvalue weighted by Crippen LogP contribution is 2.33. The Labute approximate surface area is 395 Å². The molecule has 0 unspecified atom stereocenters. The predicted octanol–water partition coefficient (Wildman–Crippen LogP) is 11.3. The fourth-order valence-electron chi connectivity index (χ4n) is 6.41.